The fourth-order valence-electron chi connectivity index (χ4n) is 4.25. The maximum atomic E-state index is 13.5. The van der Waals surface area contributed by atoms with Crippen LogP contribution in [0.2, 0.25) is 0 Å². The number of thiophene rings is 1. The third kappa shape index (κ3) is 3.03. The molecule has 4 nitrogen and oxygen atoms in total. The van der Waals surface area contributed by atoms with Gasteiger partial charge in [0, 0.05) is 4.88 Å². The number of fused-ring (bicyclic) bond motifs is 3. The first-order chi connectivity index (χ1) is 13.4. The molecule has 1 aliphatic rings. The Morgan fingerprint density at radius 2 is 2.11 bits per heavy atom. The Hall–Kier alpha value is -1.92. The van der Waals surface area contributed by atoms with Crippen molar-refractivity contribution in [2.75, 3.05) is 7.11 Å². The maximum Gasteiger partial charge on any atom is 0.268 e. The summed E-state index contributed by atoms with van der Waals surface area (Å²) in [5.41, 5.74) is 2.16. The van der Waals surface area contributed by atoms with Crippen molar-refractivity contribution in [3.8, 4) is 11.4 Å². The molecule has 0 radical (unpaired) electrons. The lowest BCUT2D eigenvalue weighted by Gasteiger charge is -2.36. The number of H-pyrrole nitrogens is 1. The van der Waals surface area contributed by atoms with E-state index in [1.807, 2.05) is 24.3 Å². The number of nitrogens with one attached hydrogen (secondary N) is 1. The summed E-state index contributed by atoms with van der Waals surface area (Å²) in [5, 5.41) is 0.798. The van der Waals surface area contributed by atoms with Crippen LogP contribution in [0.4, 0.5) is 0 Å². The summed E-state index contributed by atoms with van der Waals surface area (Å²) in [4.78, 5) is 19.1. The summed E-state index contributed by atoms with van der Waals surface area (Å²) in [7, 11) is 1.61. The number of ether oxygens (including phenoxy) is 1. The fraction of sp³-hybridized carbons (Fsp3) is 0.455. The van der Waals surface area contributed by atoms with Crippen LogP contribution in [0.25, 0.3) is 15.9 Å². The summed E-state index contributed by atoms with van der Waals surface area (Å²) in [5.74, 6) is 1.29. The number of aromatic amines is 1. The lowest BCUT2D eigenvalue weighted by molar-refractivity contribution is 0.184. The van der Waals surface area contributed by atoms with E-state index in [1.165, 1.54) is 16.9 Å². The number of nitrogens with zero attached hydrogens (tertiary/aromatic N) is 1. The molecule has 148 valence electrons. The van der Waals surface area contributed by atoms with E-state index in [0.29, 0.717) is 27.5 Å². The molecule has 4 rings (SSSR count). The third-order valence-electron chi connectivity index (χ3n) is 6.45. The van der Waals surface area contributed by atoms with Gasteiger partial charge in [0.05, 0.1) is 18.2 Å². The molecule has 6 heteroatoms. The lowest BCUT2D eigenvalue weighted by atomic mass is 9.70. The highest BCUT2D eigenvalue weighted by Crippen LogP contribution is 2.43. The molecule has 0 saturated heterocycles. The van der Waals surface area contributed by atoms with Crippen LogP contribution >= 0.6 is 23.6 Å². The van der Waals surface area contributed by atoms with Gasteiger partial charge >= 0.3 is 0 Å². The monoisotopic (exact) mass is 414 g/mol. The Morgan fingerprint density at radius 1 is 1.36 bits per heavy atom. The van der Waals surface area contributed by atoms with E-state index in [9.17, 15) is 4.79 Å². The van der Waals surface area contributed by atoms with Crippen LogP contribution in [0.15, 0.2) is 29.1 Å². The van der Waals surface area contributed by atoms with Gasteiger partial charge in [0.2, 0.25) is 0 Å². The van der Waals surface area contributed by atoms with Crippen LogP contribution in [0.1, 0.15) is 44.1 Å². The first kappa shape index (κ1) is 19.4. The maximum absolute atomic E-state index is 13.5. The average molecular weight is 415 g/mol. The van der Waals surface area contributed by atoms with Gasteiger partial charge in [0.15, 0.2) is 4.77 Å². The van der Waals surface area contributed by atoms with E-state index in [2.05, 4.69) is 25.8 Å². The standard InChI is InChI=1S/C22H26N2O2S2/c1-5-22(2,3)13-10-11-14-17(12-13)28-19-18(14)20(25)24(21(27)23-19)15-8-6-7-9-16(15)26-4/h6-9,13H,5,10-12H2,1-4H3,(H,23,27)/t13-/m0/s1. The summed E-state index contributed by atoms with van der Waals surface area (Å²) < 4.78 is 7.45. The predicted molar refractivity (Wildman–Crippen MR) is 119 cm³/mol. The molecular formula is C22H26N2O2S2. The minimum Gasteiger partial charge on any atom is -0.495 e. The SMILES string of the molecule is CCC(C)(C)[C@H]1CCc2c(sc3[nH]c(=S)n(-c4ccccc4OC)c(=O)c23)C1. The van der Waals surface area contributed by atoms with Crippen molar-refractivity contribution < 1.29 is 4.74 Å². The number of para-hydroxylation sites is 2. The highest BCUT2D eigenvalue weighted by molar-refractivity contribution is 7.71. The van der Waals surface area contributed by atoms with E-state index in [-0.39, 0.29) is 5.56 Å². The number of aryl methyl sites for hydroxylation is 1. The summed E-state index contributed by atoms with van der Waals surface area (Å²) >= 11 is 7.26. The first-order valence-electron chi connectivity index (χ1n) is 9.80. The molecule has 0 saturated carbocycles. The molecule has 0 fully saturated rings. The Labute approximate surface area is 174 Å². The Morgan fingerprint density at radius 3 is 2.82 bits per heavy atom. The molecular weight excluding hydrogens is 388 g/mol. The number of hydrogen-bond donors (Lipinski definition) is 1. The van der Waals surface area contributed by atoms with Crippen molar-refractivity contribution in [1.29, 1.82) is 0 Å². The summed E-state index contributed by atoms with van der Waals surface area (Å²) in [6.45, 7) is 6.99. The van der Waals surface area contributed by atoms with Crippen molar-refractivity contribution >= 4 is 33.8 Å². The molecule has 2 aromatic heterocycles. The molecule has 1 N–H and O–H groups in total. The van der Waals surface area contributed by atoms with Crippen molar-refractivity contribution in [2.24, 2.45) is 11.3 Å². The minimum absolute atomic E-state index is 0.0473. The van der Waals surface area contributed by atoms with Gasteiger partial charge in [0.25, 0.3) is 5.56 Å². The summed E-state index contributed by atoms with van der Waals surface area (Å²) in [6, 6.07) is 7.50. The molecule has 1 aliphatic carbocycles. The molecule has 2 heterocycles. The van der Waals surface area contributed by atoms with E-state index in [4.69, 9.17) is 17.0 Å². The molecule has 0 unspecified atom stereocenters. The molecule has 3 aromatic rings. The van der Waals surface area contributed by atoms with Gasteiger partial charge in [-0.05, 0) is 60.5 Å². The van der Waals surface area contributed by atoms with Crippen molar-refractivity contribution in [3.63, 3.8) is 0 Å². The van der Waals surface area contributed by atoms with Crippen LogP contribution < -0.4 is 10.3 Å². The van der Waals surface area contributed by atoms with Gasteiger partial charge in [-0.25, -0.2) is 4.57 Å². The smallest absolute Gasteiger partial charge is 0.268 e. The Bertz CT molecular complexity index is 1150. The van der Waals surface area contributed by atoms with Crippen LogP contribution in [0.3, 0.4) is 0 Å². The zero-order valence-electron chi connectivity index (χ0n) is 16.8. The predicted octanol–water partition coefficient (Wildman–Crippen LogP) is 5.66. The van der Waals surface area contributed by atoms with E-state index in [0.717, 1.165) is 29.5 Å². The van der Waals surface area contributed by atoms with Gasteiger partial charge in [-0.15, -0.1) is 11.3 Å². The van der Waals surface area contributed by atoms with Gasteiger partial charge in [-0.1, -0.05) is 39.3 Å². The lowest BCUT2D eigenvalue weighted by Crippen LogP contribution is -2.29. The zero-order valence-corrected chi connectivity index (χ0v) is 18.4. The van der Waals surface area contributed by atoms with E-state index in [1.54, 1.807) is 23.0 Å². The van der Waals surface area contributed by atoms with Crippen molar-refractivity contribution in [3.05, 3.63) is 49.8 Å². The largest absolute Gasteiger partial charge is 0.495 e. The molecule has 28 heavy (non-hydrogen) atoms. The molecule has 1 aromatic carbocycles. The quantitative estimate of drug-likeness (QED) is 0.560. The molecule has 0 aliphatic heterocycles. The molecule has 0 spiro atoms. The second-order valence-electron chi connectivity index (χ2n) is 8.23. The third-order valence-corrected chi connectivity index (χ3v) is 7.90. The summed E-state index contributed by atoms with van der Waals surface area (Å²) in [6.07, 6.45) is 4.30. The van der Waals surface area contributed by atoms with Crippen LogP contribution in [-0.2, 0) is 12.8 Å². The van der Waals surface area contributed by atoms with Gasteiger partial charge in [-0.2, -0.15) is 0 Å². The highest BCUT2D eigenvalue weighted by Gasteiger charge is 2.33. The van der Waals surface area contributed by atoms with Crippen molar-refractivity contribution in [1.82, 2.24) is 9.55 Å². The second-order valence-corrected chi connectivity index (χ2v) is 9.72. The minimum atomic E-state index is -0.0473. The van der Waals surface area contributed by atoms with Crippen LogP contribution in [-0.4, -0.2) is 16.7 Å². The molecule has 1 atom stereocenters. The van der Waals surface area contributed by atoms with Gasteiger partial charge in [0.1, 0.15) is 10.6 Å². The molecule has 0 amide bonds. The van der Waals surface area contributed by atoms with Crippen LogP contribution in [0, 0.1) is 16.1 Å². The number of hydrogen-bond acceptors (Lipinski definition) is 4. The second kappa shape index (κ2) is 7.16. The van der Waals surface area contributed by atoms with Crippen molar-refractivity contribution in [2.45, 2.75) is 46.5 Å². The van der Waals surface area contributed by atoms with E-state index < -0.39 is 0 Å². The highest BCUT2D eigenvalue weighted by atomic mass is 32.1. The van der Waals surface area contributed by atoms with E-state index >= 15 is 0 Å². The van der Waals surface area contributed by atoms with Crippen LogP contribution in [0.5, 0.6) is 5.75 Å². The Kier molecular flexibility index (Phi) is 4.96. The normalized spacial score (nSPS) is 16.9. The number of methoxy groups -OCH3 is 1. The topological polar surface area (TPSA) is 47.0 Å². The first-order valence-corrected chi connectivity index (χ1v) is 11.0. The molecule has 0 bridgehead atoms. The average Bonchev–Trinajstić information content (AvgIpc) is 3.05. The number of aromatic nitrogens is 2. The van der Waals surface area contributed by atoms with Gasteiger partial charge in [-0.3, -0.25) is 4.79 Å². The fourth-order valence-corrected chi connectivity index (χ4v) is 5.91. The number of benzene rings is 1. The van der Waals surface area contributed by atoms with Gasteiger partial charge < -0.3 is 9.72 Å². The number of rotatable bonds is 4. The Balaban J connectivity index is 1.90. The zero-order chi connectivity index (χ0) is 20.1.